The zero-order chi connectivity index (χ0) is 14.0. The second kappa shape index (κ2) is 5.75. The molecule has 1 unspecified atom stereocenters. The number of halogens is 3. The van der Waals surface area contributed by atoms with Gasteiger partial charge in [-0.1, -0.05) is 0 Å². The lowest BCUT2D eigenvalue weighted by Gasteiger charge is -2.30. The molecule has 2 heterocycles. The summed E-state index contributed by atoms with van der Waals surface area (Å²) < 4.78 is 41.0. The molecule has 0 amide bonds. The summed E-state index contributed by atoms with van der Waals surface area (Å²) in [5, 5.41) is 4.10. The Morgan fingerprint density at radius 3 is 2.79 bits per heavy atom. The van der Waals surface area contributed by atoms with E-state index in [0.29, 0.717) is 13.1 Å². The van der Waals surface area contributed by atoms with Crippen LogP contribution < -0.4 is 0 Å². The third-order valence-corrected chi connectivity index (χ3v) is 4.67. The molecular formula is C12H18F3N3S. The molecule has 1 saturated heterocycles. The van der Waals surface area contributed by atoms with Gasteiger partial charge in [-0.05, 0) is 25.6 Å². The third kappa shape index (κ3) is 3.45. The maximum absolute atomic E-state index is 13.1. The molecule has 1 aromatic heterocycles. The van der Waals surface area contributed by atoms with Gasteiger partial charge < -0.3 is 0 Å². The van der Waals surface area contributed by atoms with E-state index >= 15 is 0 Å². The van der Waals surface area contributed by atoms with Crippen molar-refractivity contribution >= 4 is 11.8 Å². The second-order valence-electron chi connectivity index (χ2n) is 4.84. The van der Waals surface area contributed by atoms with E-state index in [1.807, 2.05) is 6.92 Å². The topological polar surface area (TPSA) is 21.1 Å². The molecule has 0 aliphatic carbocycles. The van der Waals surface area contributed by atoms with Crippen LogP contribution in [0.1, 0.15) is 17.7 Å². The Bertz CT molecular complexity index is 430. The van der Waals surface area contributed by atoms with E-state index in [0.717, 1.165) is 23.4 Å². The first-order valence-corrected chi connectivity index (χ1v) is 7.41. The van der Waals surface area contributed by atoms with Crippen LogP contribution >= 0.6 is 11.8 Å². The van der Waals surface area contributed by atoms with Gasteiger partial charge in [0.15, 0.2) is 0 Å². The van der Waals surface area contributed by atoms with Crippen LogP contribution in [0.4, 0.5) is 13.2 Å². The van der Waals surface area contributed by atoms with Crippen molar-refractivity contribution in [2.45, 2.75) is 32.1 Å². The lowest BCUT2D eigenvalue weighted by Crippen LogP contribution is -2.46. The Kier molecular flexibility index (Phi) is 4.45. The highest BCUT2D eigenvalue weighted by Crippen LogP contribution is 2.31. The Hall–Kier alpha value is -0.690. The Balaban J connectivity index is 2.16. The molecule has 1 aliphatic rings. The minimum atomic E-state index is -4.16. The molecule has 1 aliphatic heterocycles. The van der Waals surface area contributed by atoms with Gasteiger partial charge in [0.2, 0.25) is 0 Å². The lowest BCUT2D eigenvalue weighted by molar-refractivity contribution is -0.178. The minimum absolute atomic E-state index is 0.128. The Labute approximate surface area is 115 Å². The molecule has 0 bridgehead atoms. The summed E-state index contributed by atoms with van der Waals surface area (Å²) in [5.41, 5.74) is 1.81. The van der Waals surface area contributed by atoms with Crippen LogP contribution in [0, 0.1) is 6.92 Å². The van der Waals surface area contributed by atoms with Crippen LogP contribution in [0.3, 0.4) is 0 Å². The summed E-state index contributed by atoms with van der Waals surface area (Å²) >= 11 is 1.39. The SMILES string of the molecule is Cc1c(CN2CCCSCC2C(F)(F)F)cnn1C. The summed E-state index contributed by atoms with van der Waals surface area (Å²) in [6.45, 7) is 2.70. The molecule has 0 N–H and O–H groups in total. The zero-order valence-corrected chi connectivity index (χ0v) is 11.9. The summed E-state index contributed by atoms with van der Waals surface area (Å²) in [7, 11) is 1.80. The van der Waals surface area contributed by atoms with Crippen LogP contribution in [0.5, 0.6) is 0 Å². The average Bonchev–Trinajstić information content (AvgIpc) is 2.57. The van der Waals surface area contributed by atoms with Gasteiger partial charge in [-0.15, -0.1) is 0 Å². The van der Waals surface area contributed by atoms with Crippen LogP contribution in [-0.2, 0) is 13.6 Å². The fourth-order valence-corrected chi connectivity index (χ4v) is 3.36. The van der Waals surface area contributed by atoms with Crippen molar-refractivity contribution in [2.75, 3.05) is 18.1 Å². The first kappa shape index (κ1) is 14.7. The number of hydrogen-bond acceptors (Lipinski definition) is 3. The van der Waals surface area contributed by atoms with E-state index < -0.39 is 12.2 Å². The van der Waals surface area contributed by atoms with E-state index in [-0.39, 0.29) is 5.75 Å². The van der Waals surface area contributed by atoms with Crippen molar-refractivity contribution in [3.05, 3.63) is 17.5 Å². The largest absolute Gasteiger partial charge is 0.404 e. The quantitative estimate of drug-likeness (QED) is 0.836. The second-order valence-corrected chi connectivity index (χ2v) is 5.99. The van der Waals surface area contributed by atoms with Gasteiger partial charge in [-0.3, -0.25) is 9.58 Å². The molecular weight excluding hydrogens is 275 g/mol. The van der Waals surface area contributed by atoms with Gasteiger partial charge in [0.1, 0.15) is 6.04 Å². The fraction of sp³-hybridized carbons (Fsp3) is 0.750. The maximum atomic E-state index is 13.1. The maximum Gasteiger partial charge on any atom is 0.404 e. The van der Waals surface area contributed by atoms with Crippen molar-refractivity contribution < 1.29 is 13.2 Å². The zero-order valence-electron chi connectivity index (χ0n) is 11.1. The third-order valence-electron chi connectivity index (χ3n) is 3.54. The van der Waals surface area contributed by atoms with Crippen LogP contribution in [-0.4, -0.2) is 44.9 Å². The molecule has 2 rings (SSSR count). The van der Waals surface area contributed by atoms with Crippen molar-refractivity contribution in [3.8, 4) is 0 Å². The number of hydrogen-bond donors (Lipinski definition) is 0. The lowest BCUT2D eigenvalue weighted by atomic mass is 10.2. The monoisotopic (exact) mass is 293 g/mol. The highest BCUT2D eigenvalue weighted by atomic mass is 32.2. The summed E-state index contributed by atoms with van der Waals surface area (Å²) in [4.78, 5) is 1.55. The number of thioether (sulfide) groups is 1. The Morgan fingerprint density at radius 1 is 1.47 bits per heavy atom. The number of aryl methyl sites for hydroxylation is 1. The molecule has 1 fully saturated rings. The number of nitrogens with zero attached hydrogens (tertiary/aromatic N) is 3. The molecule has 108 valence electrons. The first-order valence-electron chi connectivity index (χ1n) is 6.25. The highest BCUT2D eigenvalue weighted by molar-refractivity contribution is 7.99. The first-order chi connectivity index (χ1) is 8.89. The van der Waals surface area contributed by atoms with Gasteiger partial charge in [-0.2, -0.15) is 30.0 Å². The van der Waals surface area contributed by atoms with Gasteiger partial charge >= 0.3 is 6.18 Å². The van der Waals surface area contributed by atoms with Crippen molar-refractivity contribution in [1.82, 2.24) is 14.7 Å². The number of alkyl halides is 3. The highest BCUT2D eigenvalue weighted by Gasteiger charge is 2.44. The number of rotatable bonds is 2. The van der Waals surface area contributed by atoms with Crippen LogP contribution in [0.25, 0.3) is 0 Å². The van der Waals surface area contributed by atoms with Gasteiger partial charge in [-0.25, -0.2) is 0 Å². The van der Waals surface area contributed by atoms with Crippen molar-refractivity contribution in [3.63, 3.8) is 0 Å². The summed E-state index contributed by atoms with van der Waals surface area (Å²) in [6.07, 6.45) is -1.69. The molecule has 1 aromatic rings. The predicted octanol–water partition coefficient (Wildman–Crippen LogP) is 2.60. The Morgan fingerprint density at radius 2 is 2.21 bits per heavy atom. The van der Waals surface area contributed by atoms with E-state index in [2.05, 4.69) is 5.10 Å². The fourth-order valence-electron chi connectivity index (χ4n) is 2.23. The molecule has 19 heavy (non-hydrogen) atoms. The van der Waals surface area contributed by atoms with Gasteiger partial charge in [0.25, 0.3) is 0 Å². The average molecular weight is 293 g/mol. The predicted molar refractivity (Wildman–Crippen MR) is 70.1 cm³/mol. The van der Waals surface area contributed by atoms with Crippen molar-refractivity contribution in [1.29, 1.82) is 0 Å². The smallest absolute Gasteiger partial charge is 0.287 e. The summed E-state index contributed by atoms with van der Waals surface area (Å²) in [6, 6.07) is -1.35. The molecule has 0 spiro atoms. The summed E-state index contributed by atoms with van der Waals surface area (Å²) in [5.74, 6) is 0.928. The van der Waals surface area contributed by atoms with Crippen molar-refractivity contribution in [2.24, 2.45) is 7.05 Å². The van der Waals surface area contributed by atoms with E-state index in [1.165, 1.54) is 11.8 Å². The molecule has 1 atom stereocenters. The molecule has 0 aromatic carbocycles. The molecule has 0 radical (unpaired) electrons. The van der Waals surface area contributed by atoms with Gasteiger partial charge in [0.05, 0.1) is 6.20 Å². The molecule has 7 heteroatoms. The van der Waals surface area contributed by atoms with Gasteiger partial charge in [0, 0.05) is 30.6 Å². The molecule has 3 nitrogen and oxygen atoms in total. The standard InChI is InChI=1S/C12H18F3N3S/c1-9-10(6-16-17(9)2)7-18-4-3-5-19-8-11(18)12(13,14)15/h6,11H,3-5,7-8H2,1-2H3. The normalized spacial score (nSPS) is 22.5. The minimum Gasteiger partial charge on any atom is -0.287 e. The number of aromatic nitrogens is 2. The van der Waals surface area contributed by atoms with E-state index in [9.17, 15) is 13.2 Å². The van der Waals surface area contributed by atoms with Crippen LogP contribution in [0.2, 0.25) is 0 Å². The molecule has 0 saturated carbocycles. The van der Waals surface area contributed by atoms with E-state index in [1.54, 1.807) is 22.8 Å². The van der Waals surface area contributed by atoms with E-state index in [4.69, 9.17) is 0 Å². The van der Waals surface area contributed by atoms with Crippen LogP contribution in [0.15, 0.2) is 6.20 Å².